The van der Waals surface area contributed by atoms with Crippen molar-refractivity contribution >= 4 is 11.3 Å². The maximum Gasteiger partial charge on any atom is 0.110 e. The summed E-state index contributed by atoms with van der Waals surface area (Å²) >= 11 is 1.82. The van der Waals surface area contributed by atoms with Crippen molar-refractivity contribution in [2.24, 2.45) is 5.84 Å². The minimum Gasteiger partial charge on any atom is -0.335 e. The first kappa shape index (κ1) is 13.3. The van der Waals surface area contributed by atoms with Crippen molar-refractivity contribution in [2.75, 3.05) is 0 Å². The molecule has 98 valence electrons. The smallest absolute Gasteiger partial charge is 0.110 e. The van der Waals surface area contributed by atoms with E-state index in [-0.39, 0.29) is 6.04 Å². The molecule has 0 radical (unpaired) electrons. The number of nitrogens with one attached hydrogen (secondary N) is 1. The number of hydrazine groups is 1. The molecule has 4 nitrogen and oxygen atoms in total. The highest BCUT2D eigenvalue weighted by molar-refractivity contribution is 7.12. The van der Waals surface area contributed by atoms with E-state index in [1.54, 1.807) is 0 Å². The predicted octanol–water partition coefficient (Wildman–Crippen LogP) is 2.27. The van der Waals surface area contributed by atoms with Crippen LogP contribution < -0.4 is 11.3 Å². The van der Waals surface area contributed by atoms with Crippen LogP contribution in [0.3, 0.4) is 0 Å². The van der Waals surface area contributed by atoms with Gasteiger partial charge >= 0.3 is 0 Å². The van der Waals surface area contributed by atoms with Crippen LogP contribution >= 0.6 is 11.3 Å². The molecule has 3 N–H and O–H groups in total. The Kier molecular flexibility index (Phi) is 4.52. The molecule has 0 bridgehead atoms. The Hall–Kier alpha value is -1.17. The van der Waals surface area contributed by atoms with E-state index in [0.29, 0.717) is 0 Å². The topological polar surface area (TPSA) is 55.9 Å². The van der Waals surface area contributed by atoms with Crippen molar-refractivity contribution < 1.29 is 0 Å². The Morgan fingerprint density at radius 3 is 2.89 bits per heavy atom. The van der Waals surface area contributed by atoms with Crippen LogP contribution in [0.1, 0.15) is 35.5 Å². The summed E-state index contributed by atoms with van der Waals surface area (Å²) in [7, 11) is 0. The van der Waals surface area contributed by atoms with Crippen molar-refractivity contribution in [2.45, 2.75) is 39.3 Å². The summed E-state index contributed by atoms with van der Waals surface area (Å²) in [5.74, 6) is 6.76. The second kappa shape index (κ2) is 6.13. The maximum atomic E-state index is 5.68. The van der Waals surface area contributed by atoms with Crippen molar-refractivity contribution in [3.63, 3.8) is 0 Å². The van der Waals surface area contributed by atoms with Gasteiger partial charge in [-0.15, -0.1) is 11.3 Å². The fourth-order valence-corrected chi connectivity index (χ4v) is 3.03. The lowest BCUT2D eigenvalue weighted by atomic mass is 10.1. The van der Waals surface area contributed by atoms with E-state index in [2.05, 4.69) is 41.0 Å². The van der Waals surface area contributed by atoms with E-state index < -0.39 is 0 Å². The average molecular weight is 264 g/mol. The second-order valence-electron chi connectivity index (χ2n) is 4.21. The van der Waals surface area contributed by atoms with Gasteiger partial charge in [0.1, 0.15) is 5.82 Å². The molecule has 0 amide bonds. The molecule has 2 aromatic rings. The Balaban J connectivity index is 2.14. The number of aromatic nitrogens is 2. The molecule has 0 fully saturated rings. The Morgan fingerprint density at radius 1 is 1.44 bits per heavy atom. The molecule has 5 heteroatoms. The van der Waals surface area contributed by atoms with Gasteiger partial charge in [-0.3, -0.25) is 11.3 Å². The molecule has 0 spiro atoms. The van der Waals surface area contributed by atoms with Gasteiger partial charge in [0.05, 0.1) is 6.04 Å². The summed E-state index contributed by atoms with van der Waals surface area (Å²) in [6.07, 6.45) is 5.75. The van der Waals surface area contributed by atoms with Crippen LogP contribution in [-0.2, 0) is 19.4 Å². The van der Waals surface area contributed by atoms with E-state index in [1.807, 2.05) is 23.7 Å². The molecule has 2 heterocycles. The first-order chi connectivity index (χ1) is 8.78. The largest absolute Gasteiger partial charge is 0.335 e. The third kappa shape index (κ3) is 2.80. The van der Waals surface area contributed by atoms with Crippen molar-refractivity contribution in [1.82, 2.24) is 15.0 Å². The van der Waals surface area contributed by atoms with Gasteiger partial charge in [-0.25, -0.2) is 4.98 Å². The number of rotatable bonds is 6. The zero-order valence-electron chi connectivity index (χ0n) is 10.9. The quantitative estimate of drug-likeness (QED) is 0.621. The lowest BCUT2D eigenvalue weighted by Gasteiger charge is -2.14. The lowest BCUT2D eigenvalue weighted by Crippen LogP contribution is -2.29. The third-order valence-electron chi connectivity index (χ3n) is 3.10. The summed E-state index contributed by atoms with van der Waals surface area (Å²) in [4.78, 5) is 7.07. The van der Waals surface area contributed by atoms with Crippen LogP contribution in [-0.4, -0.2) is 9.55 Å². The fourth-order valence-electron chi connectivity index (χ4n) is 2.01. The lowest BCUT2D eigenvalue weighted by molar-refractivity contribution is 0.530. The number of hydrogen-bond donors (Lipinski definition) is 2. The van der Waals surface area contributed by atoms with Crippen molar-refractivity contribution in [3.05, 3.63) is 40.1 Å². The van der Waals surface area contributed by atoms with Crippen molar-refractivity contribution in [1.29, 1.82) is 0 Å². The summed E-state index contributed by atoms with van der Waals surface area (Å²) in [6.45, 7) is 5.23. The number of nitrogens with zero attached hydrogens (tertiary/aromatic N) is 2. The van der Waals surface area contributed by atoms with Gasteiger partial charge in [0.2, 0.25) is 0 Å². The summed E-state index contributed by atoms with van der Waals surface area (Å²) in [5, 5.41) is 0. The highest BCUT2D eigenvalue weighted by Crippen LogP contribution is 2.25. The van der Waals surface area contributed by atoms with Crippen molar-refractivity contribution in [3.8, 4) is 0 Å². The molecule has 2 aromatic heterocycles. The molecule has 1 atom stereocenters. The van der Waals surface area contributed by atoms with Crippen LogP contribution in [0, 0.1) is 0 Å². The van der Waals surface area contributed by atoms with Crippen LogP contribution in [0.2, 0.25) is 0 Å². The average Bonchev–Trinajstić information content (AvgIpc) is 3.04. The van der Waals surface area contributed by atoms with Gasteiger partial charge < -0.3 is 4.57 Å². The first-order valence-corrected chi connectivity index (χ1v) is 7.14. The number of thiophene rings is 1. The van der Waals surface area contributed by atoms with E-state index in [9.17, 15) is 0 Å². The van der Waals surface area contributed by atoms with Gasteiger partial charge in [-0.2, -0.15) is 0 Å². The molecule has 2 rings (SSSR count). The molecule has 0 aliphatic rings. The monoisotopic (exact) mass is 264 g/mol. The van der Waals surface area contributed by atoms with E-state index in [0.717, 1.165) is 25.2 Å². The third-order valence-corrected chi connectivity index (χ3v) is 4.45. The number of hydrogen-bond acceptors (Lipinski definition) is 4. The summed E-state index contributed by atoms with van der Waals surface area (Å²) in [5.41, 5.74) is 2.90. The molecule has 0 saturated carbocycles. The van der Waals surface area contributed by atoms with Crippen LogP contribution in [0.25, 0.3) is 0 Å². The summed E-state index contributed by atoms with van der Waals surface area (Å²) < 4.78 is 2.15. The Labute approximate surface area is 112 Å². The van der Waals surface area contributed by atoms with Gasteiger partial charge in [0, 0.05) is 35.1 Å². The number of aryl methyl sites for hydroxylation is 2. The molecular weight excluding hydrogens is 244 g/mol. The highest BCUT2D eigenvalue weighted by atomic mass is 32.1. The molecule has 0 aliphatic heterocycles. The molecular formula is C13H20N4S. The minimum atomic E-state index is 0.142. The zero-order valence-corrected chi connectivity index (χ0v) is 11.7. The summed E-state index contributed by atoms with van der Waals surface area (Å²) in [6, 6.07) is 4.48. The first-order valence-electron chi connectivity index (χ1n) is 6.33. The molecule has 1 unspecified atom stereocenters. The fraction of sp³-hybridized carbons (Fsp3) is 0.462. The van der Waals surface area contributed by atoms with Gasteiger partial charge in [0.15, 0.2) is 0 Å². The second-order valence-corrected chi connectivity index (χ2v) is 5.41. The zero-order chi connectivity index (χ0) is 13.0. The van der Waals surface area contributed by atoms with Crippen LogP contribution in [0.15, 0.2) is 24.5 Å². The Bertz CT molecular complexity index is 489. The molecule has 0 aliphatic carbocycles. The van der Waals surface area contributed by atoms with Crippen LogP contribution in [0.4, 0.5) is 0 Å². The van der Waals surface area contributed by atoms with E-state index in [4.69, 9.17) is 5.84 Å². The molecule has 0 aromatic carbocycles. The molecule has 0 saturated heterocycles. The SMILES string of the molecule is CCc1ccc(C(Cc2nccn2CC)NN)s1. The van der Waals surface area contributed by atoms with E-state index >= 15 is 0 Å². The van der Waals surface area contributed by atoms with Gasteiger partial charge in [-0.1, -0.05) is 6.92 Å². The standard InChI is InChI=1S/C13H20N4S/c1-3-10-5-6-12(18-10)11(16-14)9-13-15-7-8-17(13)4-2/h5-8,11,16H,3-4,9,14H2,1-2H3. The normalized spacial score (nSPS) is 12.8. The molecule has 18 heavy (non-hydrogen) atoms. The van der Waals surface area contributed by atoms with Crippen LogP contribution in [0.5, 0.6) is 0 Å². The predicted molar refractivity (Wildman–Crippen MR) is 75.4 cm³/mol. The van der Waals surface area contributed by atoms with E-state index in [1.165, 1.54) is 9.75 Å². The number of imidazole rings is 1. The van der Waals surface area contributed by atoms with Gasteiger partial charge in [0.25, 0.3) is 0 Å². The Morgan fingerprint density at radius 2 is 2.28 bits per heavy atom. The van der Waals surface area contributed by atoms with Gasteiger partial charge in [-0.05, 0) is 25.5 Å². The maximum absolute atomic E-state index is 5.68. The highest BCUT2D eigenvalue weighted by Gasteiger charge is 2.15. The number of nitrogens with two attached hydrogens (primary N) is 1. The minimum absolute atomic E-state index is 0.142.